The molecule has 0 radical (unpaired) electrons. The average Bonchev–Trinajstić information content (AvgIpc) is 2.55. The summed E-state index contributed by atoms with van der Waals surface area (Å²) in [7, 11) is -2.65. The van der Waals surface area contributed by atoms with Crippen LogP contribution in [-0.4, -0.2) is 21.4 Å². The number of likely N-dealkylation sites (N-methyl/N-ethyl adjacent to an activating group) is 1. The molecule has 0 aromatic heterocycles. The van der Waals surface area contributed by atoms with E-state index in [-0.39, 0.29) is 4.90 Å². The molecule has 23 heavy (non-hydrogen) atoms. The van der Waals surface area contributed by atoms with Gasteiger partial charge in [0.25, 0.3) is 0 Å². The highest BCUT2D eigenvalue weighted by molar-refractivity contribution is 7.89. The molecule has 0 bridgehead atoms. The second-order valence-corrected chi connectivity index (χ2v) is 6.67. The van der Waals surface area contributed by atoms with Gasteiger partial charge in [-0.15, -0.1) is 0 Å². The Kier molecular flexibility index (Phi) is 5.12. The Balaban J connectivity index is 2.43. The largest absolute Gasteiger partial charge is 0.357 e. The molecule has 1 atom stereocenters. The van der Waals surface area contributed by atoms with Crippen molar-refractivity contribution >= 4 is 15.9 Å². The molecule has 0 unspecified atom stereocenters. The third-order valence-electron chi connectivity index (χ3n) is 3.35. The van der Waals surface area contributed by atoms with Gasteiger partial charge in [0.05, 0.1) is 4.90 Å². The minimum absolute atomic E-state index is 0.192. The summed E-state index contributed by atoms with van der Waals surface area (Å²) in [5.74, 6) is -1.17. The third kappa shape index (κ3) is 3.94. The topological polar surface area (TPSA) is 75.3 Å². The van der Waals surface area contributed by atoms with Crippen LogP contribution in [0.2, 0.25) is 0 Å². The fourth-order valence-electron chi connectivity index (χ4n) is 2.14. The number of carbonyl (C=O) groups is 1. The quantitative estimate of drug-likeness (QED) is 0.876. The van der Waals surface area contributed by atoms with Gasteiger partial charge in [-0.1, -0.05) is 36.4 Å². The molecule has 2 aromatic rings. The first-order valence-electron chi connectivity index (χ1n) is 6.90. The molecule has 0 aliphatic carbocycles. The number of rotatable bonds is 5. The molecule has 0 aliphatic rings. The van der Waals surface area contributed by atoms with Crippen molar-refractivity contribution in [3.63, 3.8) is 0 Å². The van der Waals surface area contributed by atoms with Gasteiger partial charge in [-0.3, -0.25) is 4.79 Å². The first-order chi connectivity index (χ1) is 10.8. The van der Waals surface area contributed by atoms with Crippen LogP contribution in [0.4, 0.5) is 4.39 Å². The predicted molar refractivity (Wildman–Crippen MR) is 84.7 cm³/mol. The second-order valence-electron chi connectivity index (χ2n) is 4.99. The molecule has 0 heterocycles. The Bertz CT molecular complexity index is 807. The van der Waals surface area contributed by atoms with Crippen LogP contribution in [0.25, 0.3) is 0 Å². The number of carbonyl (C=O) groups excluding carboxylic acids is 1. The van der Waals surface area contributed by atoms with E-state index in [4.69, 9.17) is 0 Å². The minimum Gasteiger partial charge on any atom is -0.357 e. The van der Waals surface area contributed by atoms with Crippen molar-refractivity contribution in [1.29, 1.82) is 0 Å². The number of aryl methyl sites for hydroxylation is 1. The standard InChI is InChI=1S/C16H17FN2O3S/c1-11-8-9-13(17)10-14(11)23(21,22)19-15(16(20)18-2)12-6-4-3-5-7-12/h3-10,15,19H,1-2H3,(H,18,20)/t15-/m1/s1. The van der Waals surface area contributed by atoms with Gasteiger partial charge in [-0.05, 0) is 30.2 Å². The maximum absolute atomic E-state index is 13.4. The molecule has 2 rings (SSSR count). The van der Waals surface area contributed by atoms with Crippen molar-refractivity contribution < 1.29 is 17.6 Å². The lowest BCUT2D eigenvalue weighted by Gasteiger charge is -2.18. The first-order valence-corrected chi connectivity index (χ1v) is 8.38. The Morgan fingerprint density at radius 1 is 1.13 bits per heavy atom. The van der Waals surface area contributed by atoms with E-state index in [1.54, 1.807) is 37.3 Å². The molecule has 0 spiro atoms. The van der Waals surface area contributed by atoms with E-state index < -0.39 is 27.8 Å². The lowest BCUT2D eigenvalue weighted by atomic mass is 10.1. The fraction of sp³-hybridized carbons (Fsp3) is 0.188. The number of nitrogens with one attached hydrogen (secondary N) is 2. The fourth-order valence-corrected chi connectivity index (χ4v) is 3.58. The molecule has 2 N–H and O–H groups in total. The van der Waals surface area contributed by atoms with Crippen LogP contribution < -0.4 is 10.0 Å². The van der Waals surface area contributed by atoms with Gasteiger partial charge in [-0.25, -0.2) is 12.8 Å². The maximum Gasteiger partial charge on any atom is 0.242 e. The monoisotopic (exact) mass is 336 g/mol. The van der Waals surface area contributed by atoms with E-state index in [1.807, 2.05) is 0 Å². The van der Waals surface area contributed by atoms with E-state index >= 15 is 0 Å². The van der Waals surface area contributed by atoms with Crippen molar-refractivity contribution in [3.8, 4) is 0 Å². The summed E-state index contributed by atoms with van der Waals surface area (Å²) in [5.41, 5.74) is 0.882. The average molecular weight is 336 g/mol. The molecular weight excluding hydrogens is 319 g/mol. The van der Waals surface area contributed by atoms with Crippen LogP contribution in [0.1, 0.15) is 17.2 Å². The number of halogens is 1. The molecule has 0 saturated carbocycles. The Labute approximate surface area is 134 Å². The summed E-state index contributed by atoms with van der Waals surface area (Å²) >= 11 is 0. The Morgan fingerprint density at radius 3 is 2.39 bits per heavy atom. The zero-order chi connectivity index (χ0) is 17.0. The Morgan fingerprint density at radius 2 is 1.78 bits per heavy atom. The third-order valence-corrected chi connectivity index (χ3v) is 4.92. The van der Waals surface area contributed by atoms with Crippen LogP contribution >= 0.6 is 0 Å². The SMILES string of the molecule is CNC(=O)[C@H](NS(=O)(=O)c1cc(F)ccc1C)c1ccccc1. The van der Waals surface area contributed by atoms with Gasteiger partial charge >= 0.3 is 0 Å². The van der Waals surface area contributed by atoms with Crippen molar-refractivity contribution in [1.82, 2.24) is 10.0 Å². The van der Waals surface area contributed by atoms with Crippen LogP contribution in [0.15, 0.2) is 53.4 Å². The molecule has 0 saturated heterocycles. The smallest absolute Gasteiger partial charge is 0.242 e. The minimum atomic E-state index is -4.07. The lowest BCUT2D eigenvalue weighted by Crippen LogP contribution is -2.39. The van der Waals surface area contributed by atoms with E-state index in [1.165, 1.54) is 19.2 Å². The zero-order valence-corrected chi connectivity index (χ0v) is 13.5. The Hall–Kier alpha value is -2.25. The van der Waals surface area contributed by atoms with E-state index in [0.29, 0.717) is 11.1 Å². The molecule has 2 aromatic carbocycles. The van der Waals surface area contributed by atoms with Crippen LogP contribution in [-0.2, 0) is 14.8 Å². The van der Waals surface area contributed by atoms with E-state index in [0.717, 1.165) is 6.07 Å². The number of hydrogen-bond acceptors (Lipinski definition) is 3. The zero-order valence-electron chi connectivity index (χ0n) is 12.7. The van der Waals surface area contributed by atoms with Gasteiger partial charge in [0, 0.05) is 7.05 Å². The van der Waals surface area contributed by atoms with Crippen molar-refractivity contribution in [3.05, 3.63) is 65.5 Å². The number of hydrogen-bond donors (Lipinski definition) is 2. The van der Waals surface area contributed by atoms with Gasteiger partial charge in [0.1, 0.15) is 11.9 Å². The van der Waals surface area contributed by atoms with Gasteiger partial charge in [0.15, 0.2) is 0 Å². The highest BCUT2D eigenvalue weighted by Gasteiger charge is 2.27. The van der Waals surface area contributed by atoms with Gasteiger partial charge < -0.3 is 5.32 Å². The summed E-state index contributed by atoms with van der Waals surface area (Å²) < 4.78 is 40.8. The molecule has 0 aliphatic heterocycles. The predicted octanol–water partition coefficient (Wildman–Crippen LogP) is 1.90. The number of amides is 1. The molecule has 5 nitrogen and oxygen atoms in total. The number of sulfonamides is 1. The highest BCUT2D eigenvalue weighted by atomic mass is 32.2. The second kappa shape index (κ2) is 6.89. The van der Waals surface area contributed by atoms with Crippen molar-refractivity contribution in [2.24, 2.45) is 0 Å². The molecule has 122 valence electrons. The molecule has 1 amide bonds. The summed E-state index contributed by atoms with van der Waals surface area (Å²) in [6.45, 7) is 1.56. The molecule has 0 fully saturated rings. The van der Waals surface area contributed by atoms with Gasteiger partial charge in [-0.2, -0.15) is 4.72 Å². The van der Waals surface area contributed by atoms with Crippen LogP contribution in [0.3, 0.4) is 0 Å². The summed E-state index contributed by atoms with van der Waals surface area (Å²) in [5, 5.41) is 2.42. The first kappa shape index (κ1) is 17.1. The van der Waals surface area contributed by atoms with Crippen molar-refractivity contribution in [2.45, 2.75) is 17.9 Å². The molecule has 7 heteroatoms. The summed E-state index contributed by atoms with van der Waals surface area (Å²) in [6.07, 6.45) is 0. The van der Waals surface area contributed by atoms with Crippen molar-refractivity contribution in [2.75, 3.05) is 7.05 Å². The number of benzene rings is 2. The molecular formula is C16H17FN2O3S. The normalized spacial score (nSPS) is 12.7. The summed E-state index contributed by atoms with van der Waals surface area (Å²) in [4.78, 5) is 11.9. The maximum atomic E-state index is 13.4. The summed E-state index contributed by atoms with van der Waals surface area (Å²) in [6, 6.07) is 10.8. The van der Waals surface area contributed by atoms with Crippen LogP contribution in [0, 0.1) is 12.7 Å². The van der Waals surface area contributed by atoms with E-state index in [2.05, 4.69) is 10.0 Å². The highest BCUT2D eigenvalue weighted by Crippen LogP contribution is 2.20. The lowest BCUT2D eigenvalue weighted by molar-refractivity contribution is -0.122. The van der Waals surface area contributed by atoms with Gasteiger partial charge in [0.2, 0.25) is 15.9 Å². The van der Waals surface area contributed by atoms with Crippen LogP contribution in [0.5, 0.6) is 0 Å². The van der Waals surface area contributed by atoms with E-state index in [9.17, 15) is 17.6 Å².